The number of hydroxylamine groups is 1. The number of sulfonamides is 1. The van der Waals surface area contributed by atoms with Crippen LogP contribution in [0.2, 0.25) is 18.1 Å². The number of rotatable bonds is 8. The maximum atomic E-state index is 13.8. The third kappa shape index (κ3) is 6.13. The highest BCUT2D eigenvalue weighted by molar-refractivity contribution is 14.1. The lowest BCUT2D eigenvalue weighted by molar-refractivity contribution is -0.151. The van der Waals surface area contributed by atoms with Crippen LogP contribution in [-0.4, -0.2) is 58.0 Å². The van der Waals surface area contributed by atoms with Crippen LogP contribution >= 0.6 is 22.6 Å². The monoisotopic (exact) mass is 623 g/mol. The molecule has 0 radical (unpaired) electrons. The van der Waals surface area contributed by atoms with Gasteiger partial charge >= 0.3 is 0 Å². The standard InChI is InChI=1S/C24H38INO6SSi/c1-10-18(25)20-22(29-20)21-19(30-24(6,7)31-21)15-26(32-34(8,9)23(3,4)5)33(27,28)17-13-11-16(2)12-14-17/h10-14,19-22H,15H2,1-9H3/b18-10-/t19-,20+,21+,22+/m0/s1. The van der Waals surface area contributed by atoms with E-state index in [0.29, 0.717) is 0 Å². The number of halogens is 1. The molecule has 192 valence electrons. The summed E-state index contributed by atoms with van der Waals surface area (Å²) in [7, 11) is -6.43. The molecule has 0 saturated carbocycles. The molecule has 2 saturated heterocycles. The van der Waals surface area contributed by atoms with Crippen molar-refractivity contribution in [1.29, 1.82) is 0 Å². The van der Waals surface area contributed by atoms with Crippen LogP contribution in [-0.2, 0) is 28.8 Å². The Balaban J connectivity index is 1.95. The topological polar surface area (TPSA) is 77.6 Å². The first-order valence-electron chi connectivity index (χ1n) is 11.6. The second kappa shape index (κ2) is 9.84. The van der Waals surface area contributed by atoms with Gasteiger partial charge in [-0.1, -0.05) is 49.0 Å². The molecule has 1 aromatic rings. The van der Waals surface area contributed by atoms with Crippen LogP contribution in [0.3, 0.4) is 0 Å². The van der Waals surface area contributed by atoms with Crippen molar-refractivity contribution in [2.45, 2.75) is 102 Å². The average molecular weight is 624 g/mol. The fraction of sp³-hybridized carbons (Fsp3) is 0.667. The van der Waals surface area contributed by atoms with Crippen LogP contribution < -0.4 is 0 Å². The smallest absolute Gasteiger partial charge is 0.264 e. The minimum atomic E-state index is -3.94. The fourth-order valence-corrected chi connectivity index (χ4v) is 6.96. The zero-order chi connectivity index (χ0) is 25.7. The van der Waals surface area contributed by atoms with E-state index in [9.17, 15) is 8.42 Å². The van der Waals surface area contributed by atoms with E-state index in [2.05, 4.69) is 43.4 Å². The molecule has 7 nitrogen and oxygen atoms in total. The predicted molar refractivity (Wildman–Crippen MR) is 144 cm³/mol. The van der Waals surface area contributed by atoms with Gasteiger partial charge in [0.15, 0.2) is 5.79 Å². The summed E-state index contributed by atoms with van der Waals surface area (Å²) < 4.78 is 54.6. The van der Waals surface area contributed by atoms with E-state index in [1.807, 2.05) is 46.9 Å². The van der Waals surface area contributed by atoms with Gasteiger partial charge in [0, 0.05) is 3.58 Å². The van der Waals surface area contributed by atoms with Gasteiger partial charge < -0.3 is 18.7 Å². The van der Waals surface area contributed by atoms with E-state index < -0.39 is 36.3 Å². The number of hydrogen-bond donors (Lipinski definition) is 0. The van der Waals surface area contributed by atoms with E-state index in [-0.39, 0.29) is 28.7 Å². The van der Waals surface area contributed by atoms with Gasteiger partial charge in [0.1, 0.15) is 24.4 Å². The number of nitrogens with zero attached hydrogens (tertiary/aromatic N) is 1. The third-order valence-electron chi connectivity index (χ3n) is 6.67. The van der Waals surface area contributed by atoms with Crippen LogP contribution in [0.4, 0.5) is 0 Å². The van der Waals surface area contributed by atoms with Crippen LogP contribution in [0.15, 0.2) is 38.8 Å². The molecule has 0 bridgehead atoms. The Morgan fingerprint density at radius 2 is 1.76 bits per heavy atom. The molecule has 2 heterocycles. The van der Waals surface area contributed by atoms with E-state index in [0.717, 1.165) is 13.6 Å². The summed E-state index contributed by atoms with van der Waals surface area (Å²) in [6.07, 6.45) is 0.806. The molecule has 1 aromatic carbocycles. The van der Waals surface area contributed by atoms with E-state index in [4.69, 9.17) is 18.7 Å². The maximum Gasteiger partial charge on any atom is 0.264 e. The van der Waals surface area contributed by atoms with Gasteiger partial charge in [0.2, 0.25) is 8.32 Å². The van der Waals surface area contributed by atoms with Gasteiger partial charge in [-0.05, 0) is 80.6 Å². The Kier molecular flexibility index (Phi) is 8.17. The second-order valence-electron chi connectivity index (χ2n) is 11.0. The molecule has 0 aromatic heterocycles. The lowest BCUT2D eigenvalue weighted by Crippen LogP contribution is -2.51. The first-order valence-corrected chi connectivity index (χ1v) is 17.0. The normalized spacial score (nSPS) is 27.9. The Morgan fingerprint density at radius 3 is 2.29 bits per heavy atom. The molecular formula is C24H38INO6SSi. The van der Waals surface area contributed by atoms with Gasteiger partial charge in [-0.15, -0.1) is 0 Å². The number of allylic oxidation sites excluding steroid dienone is 1. The van der Waals surface area contributed by atoms with E-state index in [1.165, 1.54) is 0 Å². The van der Waals surface area contributed by atoms with E-state index >= 15 is 0 Å². The van der Waals surface area contributed by atoms with Crippen LogP contribution in [0, 0.1) is 6.92 Å². The maximum absolute atomic E-state index is 13.8. The SMILES string of the molecule is C/C=C(\I)[C@H]1O[C@H]1[C@@H]1OC(C)(C)O[C@H]1CN(O[Si](C)(C)C(C)(C)C)S(=O)(=O)c1ccc(C)cc1. The van der Waals surface area contributed by atoms with Gasteiger partial charge in [-0.3, -0.25) is 0 Å². The largest absolute Gasteiger partial charge is 0.361 e. The molecule has 10 heteroatoms. The first kappa shape index (κ1) is 28.2. The van der Waals surface area contributed by atoms with Gasteiger partial charge in [0.25, 0.3) is 10.0 Å². The quantitative estimate of drug-likeness (QED) is 0.164. The summed E-state index contributed by atoms with van der Waals surface area (Å²) in [5.74, 6) is -0.858. The molecule has 0 unspecified atom stereocenters. The molecule has 2 aliphatic heterocycles. The average Bonchev–Trinajstić information content (AvgIpc) is 3.44. The number of epoxide rings is 1. The van der Waals surface area contributed by atoms with Gasteiger partial charge in [-0.25, -0.2) is 8.42 Å². The number of benzene rings is 1. The Hall–Kier alpha value is -0.343. The highest BCUT2D eigenvalue weighted by Gasteiger charge is 2.57. The summed E-state index contributed by atoms with van der Waals surface area (Å²) in [6, 6.07) is 6.82. The second-order valence-corrected chi connectivity index (χ2v) is 18.8. The lowest BCUT2D eigenvalue weighted by Gasteiger charge is -2.40. The molecule has 0 N–H and O–H groups in total. The highest BCUT2D eigenvalue weighted by Crippen LogP contribution is 2.44. The lowest BCUT2D eigenvalue weighted by atomic mass is 10.1. The van der Waals surface area contributed by atoms with Crippen molar-refractivity contribution in [3.63, 3.8) is 0 Å². The highest BCUT2D eigenvalue weighted by atomic mass is 127. The fourth-order valence-electron chi connectivity index (χ4n) is 3.59. The zero-order valence-corrected chi connectivity index (χ0v) is 25.6. The zero-order valence-electron chi connectivity index (χ0n) is 21.6. The van der Waals surface area contributed by atoms with Crippen molar-refractivity contribution < 1.29 is 27.2 Å². The summed E-state index contributed by atoms with van der Waals surface area (Å²) in [4.78, 5) is 0.190. The van der Waals surface area contributed by atoms with Crippen LogP contribution in [0.5, 0.6) is 0 Å². The number of hydrogen-bond acceptors (Lipinski definition) is 6. The number of ether oxygens (including phenoxy) is 3. The minimum absolute atomic E-state index is 0.00974. The summed E-state index contributed by atoms with van der Waals surface area (Å²) in [5, 5.41) is -0.188. The van der Waals surface area contributed by atoms with Crippen molar-refractivity contribution >= 4 is 40.9 Å². The molecular weight excluding hydrogens is 585 g/mol. The molecule has 2 fully saturated rings. The van der Waals surface area contributed by atoms with Crippen molar-refractivity contribution in [2.24, 2.45) is 0 Å². The molecule has 34 heavy (non-hydrogen) atoms. The summed E-state index contributed by atoms with van der Waals surface area (Å²) in [5.41, 5.74) is 0.987. The molecule has 0 spiro atoms. The molecule has 4 atom stereocenters. The molecule has 0 aliphatic carbocycles. The molecule has 0 amide bonds. The summed E-state index contributed by atoms with van der Waals surface area (Å²) in [6.45, 7) is 17.9. The Bertz CT molecular complexity index is 1020. The predicted octanol–water partition coefficient (Wildman–Crippen LogP) is 5.55. The first-order chi connectivity index (χ1) is 15.5. The Labute approximate surface area is 219 Å². The molecule has 3 rings (SSSR count). The van der Waals surface area contributed by atoms with Crippen molar-refractivity contribution in [1.82, 2.24) is 4.47 Å². The Morgan fingerprint density at radius 1 is 1.18 bits per heavy atom. The van der Waals surface area contributed by atoms with E-state index in [1.54, 1.807) is 24.3 Å². The molecule has 2 aliphatic rings. The van der Waals surface area contributed by atoms with Crippen molar-refractivity contribution in [2.75, 3.05) is 6.54 Å². The van der Waals surface area contributed by atoms with Gasteiger partial charge in [0.05, 0.1) is 11.4 Å². The summed E-state index contributed by atoms with van der Waals surface area (Å²) >= 11 is 2.26. The minimum Gasteiger partial charge on any atom is -0.361 e. The van der Waals surface area contributed by atoms with Crippen molar-refractivity contribution in [3.8, 4) is 0 Å². The third-order valence-corrected chi connectivity index (χ3v) is 14.0. The van der Waals surface area contributed by atoms with Crippen molar-refractivity contribution in [3.05, 3.63) is 39.5 Å². The van der Waals surface area contributed by atoms with Gasteiger partial charge in [-0.2, -0.15) is 0 Å². The van der Waals surface area contributed by atoms with Crippen LogP contribution in [0.25, 0.3) is 0 Å². The number of aryl methyl sites for hydroxylation is 1. The van der Waals surface area contributed by atoms with Crippen LogP contribution in [0.1, 0.15) is 47.1 Å².